The van der Waals surface area contributed by atoms with Crippen LogP contribution in [0.25, 0.3) is 0 Å². The summed E-state index contributed by atoms with van der Waals surface area (Å²) in [5.74, 6) is 4.88. The van der Waals surface area contributed by atoms with Crippen LogP contribution in [0.3, 0.4) is 0 Å². The summed E-state index contributed by atoms with van der Waals surface area (Å²) in [6.45, 7) is 10.3. The molecule has 8 atom stereocenters. The van der Waals surface area contributed by atoms with Gasteiger partial charge < -0.3 is 15.4 Å². The minimum Gasteiger partial charge on any atom is -0.450 e. The summed E-state index contributed by atoms with van der Waals surface area (Å²) < 4.78 is 5.59. The minimum absolute atomic E-state index is 0.291. The quantitative estimate of drug-likeness (QED) is 0.320. The Hall–Kier alpha value is -1.97. The molecule has 2 spiro atoms. The summed E-state index contributed by atoms with van der Waals surface area (Å²) in [5, 5.41) is 6.06. The van der Waals surface area contributed by atoms with Crippen molar-refractivity contribution in [2.75, 3.05) is 13.2 Å². The van der Waals surface area contributed by atoms with Gasteiger partial charge in [-0.15, -0.1) is 0 Å². The number of nitrogens with one attached hydrogen (secondary N) is 2. The van der Waals surface area contributed by atoms with Gasteiger partial charge in [0.05, 0.1) is 6.61 Å². The Morgan fingerprint density at radius 1 is 1.13 bits per heavy atom. The summed E-state index contributed by atoms with van der Waals surface area (Å²) in [4.78, 5) is 12.3. The maximum absolute atomic E-state index is 12.3. The zero-order valence-electron chi connectivity index (χ0n) is 23.9. The SMILES string of the molecule is C=C1/C=C\C=C/N/C=C\1CCNC(=O)OCCCC1CCC2C1(C)CC[C@@H]1C34CCCCC3[C@@H](CC)CC214. The summed E-state index contributed by atoms with van der Waals surface area (Å²) in [5.41, 5.74) is 4.02. The van der Waals surface area contributed by atoms with Crippen molar-refractivity contribution in [3.8, 4) is 0 Å². The number of hydrogen-bond acceptors (Lipinski definition) is 3. The lowest BCUT2D eigenvalue weighted by Gasteiger charge is -2.46. The second-order valence-corrected chi connectivity index (χ2v) is 13.8. The molecule has 2 N–H and O–H groups in total. The molecule has 0 aromatic carbocycles. The van der Waals surface area contributed by atoms with Crippen molar-refractivity contribution < 1.29 is 9.53 Å². The number of alkyl carbamates (subject to hydrolysis) is 1. The third-order valence-corrected chi connectivity index (χ3v) is 12.7. The highest BCUT2D eigenvalue weighted by atomic mass is 16.5. The molecule has 0 saturated heterocycles. The van der Waals surface area contributed by atoms with Crippen LogP contribution in [-0.2, 0) is 4.74 Å². The van der Waals surface area contributed by atoms with Crippen LogP contribution in [0, 0.1) is 45.8 Å². The third-order valence-electron chi connectivity index (χ3n) is 12.7. The van der Waals surface area contributed by atoms with Crippen LogP contribution in [-0.4, -0.2) is 19.2 Å². The van der Waals surface area contributed by atoms with Crippen LogP contribution < -0.4 is 10.6 Å². The first-order valence-corrected chi connectivity index (χ1v) is 15.9. The van der Waals surface area contributed by atoms with Gasteiger partial charge in [0.2, 0.25) is 0 Å². The van der Waals surface area contributed by atoms with Gasteiger partial charge in [-0.05, 0) is 127 Å². The largest absolute Gasteiger partial charge is 0.450 e. The Morgan fingerprint density at radius 3 is 2.89 bits per heavy atom. The van der Waals surface area contributed by atoms with Crippen molar-refractivity contribution in [3.05, 3.63) is 48.4 Å². The Bertz CT molecular complexity index is 1030. The molecule has 1 aliphatic heterocycles. The summed E-state index contributed by atoms with van der Waals surface area (Å²) in [6.07, 6.45) is 27.2. The number of rotatable bonds is 8. The van der Waals surface area contributed by atoms with E-state index < -0.39 is 0 Å². The number of carbonyl (C=O) groups is 1. The maximum Gasteiger partial charge on any atom is 0.407 e. The number of carbonyl (C=O) groups excluding carboxylic acids is 1. The fraction of sp³-hybridized carbons (Fsp3) is 0.735. The predicted octanol–water partition coefficient (Wildman–Crippen LogP) is 8.05. The van der Waals surface area contributed by atoms with Gasteiger partial charge in [0.1, 0.15) is 0 Å². The van der Waals surface area contributed by atoms with Crippen molar-refractivity contribution in [2.24, 2.45) is 45.8 Å². The Labute approximate surface area is 230 Å². The molecule has 0 aromatic rings. The molecule has 208 valence electrons. The van der Waals surface area contributed by atoms with Gasteiger partial charge in [-0.1, -0.05) is 51.8 Å². The minimum atomic E-state index is -0.291. The van der Waals surface area contributed by atoms with E-state index in [4.69, 9.17) is 4.74 Å². The first-order valence-electron chi connectivity index (χ1n) is 15.9. The normalized spacial score (nSPS) is 45.6. The standard InChI is InChI=1S/C34H50N2O2/c1-4-25-22-34-29-14-13-27(32(29,3)18-15-30(34)33(34)17-7-5-12-28(25)33)11-9-21-38-31(37)36-20-16-26-23-35-19-8-6-10-24(26)2/h6,8,10,19,23,25,27-30,35H,2,4-5,7,9,11-18,20-22H2,1,3H3,(H,36,37)/b10-6-,19-8-,26-23-/t25-,27?,28?,29?,30+,32?,33?,34?/m0/s1. The van der Waals surface area contributed by atoms with Gasteiger partial charge >= 0.3 is 6.09 Å². The summed E-state index contributed by atoms with van der Waals surface area (Å²) in [6, 6.07) is 0. The van der Waals surface area contributed by atoms with Crippen molar-refractivity contribution >= 4 is 6.09 Å². The molecule has 0 aromatic heterocycles. The topological polar surface area (TPSA) is 50.4 Å². The van der Waals surface area contributed by atoms with Gasteiger partial charge in [0.15, 0.2) is 0 Å². The number of allylic oxidation sites excluding steroid dienone is 4. The van der Waals surface area contributed by atoms with Crippen molar-refractivity contribution in [1.29, 1.82) is 0 Å². The Morgan fingerprint density at radius 2 is 2.03 bits per heavy atom. The first-order chi connectivity index (χ1) is 18.5. The molecule has 4 heteroatoms. The smallest absolute Gasteiger partial charge is 0.407 e. The number of fused-ring (bicyclic) bond motifs is 1. The van der Waals surface area contributed by atoms with Crippen LogP contribution in [0.4, 0.5) is 4.79 Å². The molecule has 0 bridgehead atoms. The average molecular weight is 519 g/mol. The maximum atomic E-state index is 12.3. The second kappa shape index (κ2) is 10.2. The highest BCUT2D eigenvalue weighted by Gasteiger charge is 2.86. The molecule has 6 rings (SSSR count). The highest BCUT2D eigenvalue weighted by molar-refractivity contribution is 5.67. The van der Waals surface area contributed by atoms with E-state index >= 15 is 0 Å². The predicted molar refractivity (Wildman–Crippen MR) is 154 cm³/mol. The lowest BCUT2D eigenvalue weighted by atomic mass is 9.59. The van der Waals surface area contributed by atoms with Crippen LogP contribution in [0.5, 0.6) is 0 Å². The highest BCUT2D eigenvalue weighted by Crippen LogP contribution is 2.92. The third kappa shape index (κ3) is 3.94. The van der Waals surface area contributed by atoms with E-state index in [2.05, 4.69) is 31.1 Å². The molecule has 5 aliphatic carbocycles. The van der Waals surface area contributed by atoms with E-state index in [1.165, 1.54) is 57.8 Å². The lowest BCUT2D eigenvalue weighted by molar-refractivity contribution is 0.0257. The van der Waals surface area contributed by atoms with Crippen molar-refractivity contribution in [3.63, 3.8) is 0 Å². The summed E-state index contributed by atoms with van der Waals surface area (Å²) in [7, 11) is 0. The van der Waals surface area contributed by atoms with E-state index in [1.54, 1.807) is 12.8 Å². The van der Waals surface area contributed by atoms with Crippen LogP contribution in [0.2, 0.25) is 0 Å². The Kier molecular flexibility index (Phi) is 7.06. The monoisotopic (exact) mass is 518 g/mol. The molecule has 5 fully saturated rings. The van der Waals surface area contributed by atoms with Crippen molar-refractivity contribution in [1.82, 2.24) is 10.6 Å². The fourth-order valence-electron chi connectivity index (χ4n) is 11.4. The van der Waals surface area contributed by atoms with Gasteiger partial charge in [-0.3, -0.25) is 0 Å². The summed E-state index contributed by atoms with van der Waals surface area (Å²) >= 11 is 0. The van der Waals surface area contributed by atoms with E-state index in [0.717, 1.165) is 59.0 Å². The van der Waals surface area contributed by atoms with Crippen LogP contribution in [0.1, 0.15) is 97.3 Å². The molecular formula is C34H50N2O2. The van der Waals surface area contributed by atoms with Gasteiger partial charge in [0.25, 0.3) is 0 Å². The molecule has 4 nitrogen and oxygen atoms in total. The first kappa shape index (κ1) is 26.3. The zero-order valence-corrected chi connectivity index (χ0v) is 23.9. The molecule has 5 saturated carbocycles. The average Bonchev–Trinajstić information content (AvgIpc) is 3.14. The molecule has 38 heavy (non-hydrogen) atoms. The molecular weight excluding hydrogens is 468 g/mol. The zero-order chi connectivity index (χ0) is 26.4. The molecule has 1 amide bonds. The number of ether oxygens (including phenoxy) is 1. The molecule has 6 unspecified atom stereocenters. The van der Waals surface area contributed by atoms with E-state index in [9.17, 15) is 4.79 Å². The lowest BCUT2D eigenvalue weighted by Crippen LogP contribution is -2.39. The molecule has 1 heterocycles. The van der Waals surface area contributed by atoms with E-state index in [-0.39, 0.29) is 6.09 Å². The van der Waals surface area contributed by atoms with Gasteiger partial charge in [-0.25, -0.2) is 4.79 Å². The van der Waals surface area contributed by atoms with Gasteiger partial charge in [0, 0.05) is 18.9 Å². The molecule has 0 radical (unpaired) electrons. The van der Waals surface area contributed by atoms with Gasteiger partial charge in [-0.2, -0.15) is 0 Å². The van der Waals surface area contributed by atoms with Crippen LogP contribution >= 0.6 is 0 Å². The van der Waals surface area contributed by atoms with Crippen molar-refractivity contribution in [2.45, 2.75) is 97.3 Å². The number of hydrogen-bond donors (Lipinski definition) is 2. The van der Waals surface area contributed by atoms with E-state index in [0.29, 0.717) is 24.0 Å². The second-order valence-electron chi connectivity index (χ2n) is 13.8. The Balaban J connectivity index is 0.979. The molecule has 6 aliphatic rings. The van der Waals surface area contributed by atoms with E-state index in [1.807, 2.05) is 30.6 Å². The number of amides is 1. The fourth-order valence-corrected chi connectivity index (χ4v) is 11.4. The van der Waals surface area contributed by atoms with Crippen LogP contribution in [0.15, 0.2) is 48.4 Å².